The first-order chi connectivity index (χ1) is 14.9. The Morgan fingerprint density at radius 1 is 0.467 bits per heavy atom. The predicted octanol–water partition coefficient (Wildman–Crippen LogP) is 6.67. The fraction of sp³-hybridized carbons (Fsp3) is 0. The molecule has 0 bridgehead atoms. The molecular formula is C27H17N3. The summed E-state index contributed by atoms with van der Waals surface area (Å²) >= 11 is 0. The molecule has 6 rings (SSSR count). The molecule has 6 aromatic rings. The normalized spacial score (nSPS) is 11.3. The number of fused-ring (bicyclic) bond motifs is 3. The van der Waals surface area contributed by atoms with Crippen molar-refractivity contribution >= 4 is 32.3 Å². The Bertz CT molecular complexity index is 1550. The van der Waals surface area contributed by atoms with Crippen molar-refractivity contribution in [2.24, 2.45) is 0 Å². The summed E-state index contributed by atoms with van der Waals surface area (Å²) in [5.41, 5.74) is 3.49. The molecule has 3 aromatic heterocycles. The van der Waals surface area contributed by atoms with E-state index in [1.54, 1.807) is 0 Å². The van der Waals surface area contributed by atoms with Crippen molar-refractivity contribution in [1.29, 1.82) is 0 Å². The fourth-order valence-electron chi connectivity index (χ4n) is 4.05. The zero-order chi connectivity index (χ0) is 19.9. The van der Waals surface area contributed by atoms with Gasteiger partial charge in [-0.25, -0.2) is 4.98 Å². The van der Waals surface area contributed by atoms with Gasteiger partial charge in [0.15, 0.2) is 0 Å². The molecule has 0 atom stereocenters. The van der Waals surface area contributed by atoms with Crippen LogP contribution in [0.15, 0.2) is 103 Å². The highest BCUT2D eigenvalue weighted by Gasteiger charge is 2.13. The molecule has 140 valence electrons. The minimum absolute atomic E-state index is 0.857. The molecule has 0 unspecified atom stereocenters. The molecule has 30 heavy (non-hydrogen) atoms. The molecule has 3 heterocycles. The van der Waals surface area contributed by atoms with Gasteiger partial charge in [-0.1, -0.05) is 72.8 Å². The number of benzene rings is 3. The van der Waals surface area contributed by atoms with Gasteiger partial charge in [-0.2, -0.15) is 0 Å². The molecule has 3 heteroatoms. The highest BCUT2D eigenvalue weighted by atomic mass is 14.8. The maximum absolute atomic E-state index is 5.07. The van der Waals surface area contributed by atoms with Gasteiger partial charge in [-0.05, 0) is 34.4 Å². The number of nitrogens with zero attached hydrogens (tertiary/aromatic N) is 3. The molecule has 0 N–H and O–H groups in total. The average Bonchev–Trinajstić information content (AvgIpc) is 2.82. The van der Waals surface area contributed by atoms with Gasteiger partial charge in [-0.15, -0.1) is 0 Å². The molecule has 0 saturated heterocycles. The highest BCUT2D eigenvalue weighted by Crippen LogP contribution is 2.33. The third kappa shape index (κ3) is 2.72. The molecule has 0 aliphatic rings. The minimum atomic E-state index is 0.857. The molecular weight excluding hydrogens is 366 g/mol. The van der Waals surface area contributed by atoms with Crippen LogP contribution in [0.1, 0.15) is 0 Å². The van der Waals surface area contributed by atoms with Crippen LogP contribution in [0.2, 0.25) is 0 Å². The van der Waals surface area contributed by atoms with Gasteiger partial charge in [0.2, 0.25) is 0 Å². The molecule has 3 nitrogen and oxygen atoms in total. The maximum Gasteiger partial charge on any atom is 0.0972 e. The average molecular weight is 383 g/mol. The van der Waals surface area contributed by atoms with Gasteiger partial charge in [0.05, 0.1) is 22.8 Å². The summed E-state index contributed by atoms with van der Waals surface area (Å²) in [6.07, 6.45) is 3.77. The number of pyridine rings is 3. The quantitative estimate of drug-likeness (QED) is 0.335. The van der Waals surface area contributed by atoms with E-state index in [9.17, 15) is 0 Å². The van der Waals surface area contributed by atoms with Crippen molar-refractivity contribution in [3.63, 3.8) is 0 Å². The van der Waals surface area contributed by atoms with Crippen molar-refractivity contribution in [3.8, 4) is 22.8 Å². The topological polar surface area (TPSA) is 38.7 Å². The fourth-order valence-corrected chi connectivity index (χ4v) is 4.05. The number of hydrogen-bond acceptors (Lipinski definition) is 3. The van der Waals surface area contributed by atoms with Crippen LogP contribution in [0.5, 0.6) is 0 Å². The number of hydrogen-bond donors (Lipinski definition) is 0. The van der Waals surface area contributed by atoms with E-state index in [1.807, 2.05) is 48.8 Å². The second kappa shape index (κ2) is 6.75. The van der Waals surface area contributed by atoms with E-state index in [0.717, 1.165) is 55.1 Å². The molecule has 0 spiro atoms. The molecule has 3 aromatic carbocycles. The Morgan fingerprint density at radius 2 is 1.10 bits per heavy atom. The first-order valence-electron chi connectivity index (χ1n) is 9.96. The Labute approximate surface area is 173 Å². The number of rotatable bonds is 2. The zero-order valence-electron chi connectivity index (χ0n) is 16.2. The molecule has 0 saturated carbocycles. The van der Waals surface area contributed by atoms with Gasteiger partial charge in [0, 0.05) is 28.6 Å². The van der Waals surface area contributed by atoms with Crippen molar-refractivity contribution < 1.29 is 0 Å². The van der Waals surface area contributed by atoms with E-state index in [2.05, 4.69) is 59.6 Å². The molecule has 0 aliphatic carbocycles. The summed E-state index contributed by atoms with van der Waals surface area (Å²) in [4.78, 5) is 14.5. The largest absolute Gasteiger partial charge is 0.254 e. The third-order valence-corrected chi connectivity index (χ3v) is 5.53. The molecule has 0 amide bonds. The van der Waals surface area contributed by atoms with Gasteiger partial charge in [-0.3, -0.25) is 9.97 Å². The summed E-state index contributed by atoms with van der Waals surface area (Å²) in [5.74, 6) is 0. The third-order valence-electron chi connectivity index (χ3n) is 5.53. The smallest absolute Gasteiger partial charge is 0.0972 e. The summed E-state index contributed by atoms with van der Waals surface area (Å²) in [6.45, 7) is 0. The highest BCUT2D eigenvalue weighted by molar-refractivity contribution is 6.00. The van der Waals surface area contributed by atoms with E-state index >= 15 is 0 Å². The lowest BCUT2D eigenvalue weighted by atomic mass is 10.0. The summed E-state index contributed by atoms with van der Waals surface area (Å²) in [7, 11) is 0. The van der Waals surface area contributed by atoms with Crippen LogP contribution in [0.3, 0.4) is 0 Å². The van der Waals surface area contributed by atoms with E-state index in [1.165, 1.54) is 0 Å². The summed E-state index contributed by atoms with van der Waals surface area (Å²) in [5, 5.41) is 6.74. The van der Waals surface area contributed by atoms with E-state index < -0.39 is 0 Å². The molecule has 0 fully saturated rings. The predicted molar refractivity (Wildman–Crippen MR) is 123 cm³/mol. The van der Waals surface area contributed by atoms with Crippen molar-refractivity contribution in [2.45, 2.75) is 0 Å². The van der Waals surface area contributed by atoms with Gasteiger partial charge in [0.25, 0.3) is 0 Å². The zero-order valence-corrected chi connectivity index (χ0v) is 16.2. The van der Waals surface area contributed by atoms with E-state index in [4.69, 9.17) is 9.97 Å². The second-order valence-corrected chi connectivity index (χ2v) is 7.37. The molecule has 0 aliphatic heterocycles. The first kappa shape index (κ1) is 16.8. The lowest BCUT2D eigenvalue weighted by Gasteiger charge is -2.11. The van der Waals surface area contributed by atoms with Crippen LogP contribution in [0.4, 0.5) is 0 Å². The second-order valence-electron chi connectivity index (χ2n) is 7.37. The van der Waals surface area contributed by atoms with Crippen LogP contribution < -0.4 is 0 Å². The molecule has 0 radical (unpaired) electrons. The Balaban J connectivity index is 1.66. The first-order valence-corrected chi connectivity index (χ1v) is 9.96. The SMILES string of the molecule is c1ccc2cc(-c3nc(-c4nccc5ccccc45)cc4ccccc34)ncc2c1. The van der Waals surface area contributed by atoms with Gasteiger partial charge < -0.3 is 0 Å². The van der Waals surface area contributed by atoms with Crippen molar-refractivity contribution in [3.05, 3.63) is 103 Å². The lowest BCUT2D eigenvalue weighted by molar-refractivity contribution is 1.25. The monoisotopic (exact) mass is 383 g/mol. The van der Waals surface area contributed by atoms with Crippen LogP contribution in [-0.2, 0) is 0 Å². The van der Waals surface area contributed by atoms with Crippen molar-refractivity contribution in [1.82, 2.24) is 15.0 Å². The maximum atomic E-state index is 5.07. The van der Waals surface area contributed by atoms with E-state index in [-0.39, 0.29) is 0 Å². The van der Waals surface area contributed by atoms with Crippen LogP contribution in [0, 0.1) is 0 Å². The number of aromatic nitrogens is 3. The van der Waals surface area contributed by atoms with E-state index in [0.29, 0.717) is 0 Å². The van der Waals surface area contributed by atoms with Gasteiger partial charge >= 0.3 is 0 Å². The Hall–Kier alpha value is -4.11. The van der Waals surface area contributed by atoms with Crippen LogP contribution in [0.25, 0.3) is 55.1 Å². The van der Waals surface area contributed by atoms with Gasteiger partial charge in [0.1, 0.15) is 0 Å². The van der Waals surface area contributed by atoms with Crippen molar-refractivity contribution in [2.75, 3.05) is 0 Å². The van der Waals surface area contributed by atoms with Crippen LogP contribution >= 0.6 is 0 Å². The van der Waals surface area contributed by atoms with Crippen LogP contribution in [-0.4, -0.2) is 15.0 Å². The minimum Gasteiger partial charge on any atom is -0.254 e. The Kier molecular flexibility index (Phi) is 3.78. The standard InChI is InChI=1S/C27H17N3/c1-2-10-21-17-29-24(15-19(21)8-1)27-23-12-6-4-9-20(23)16-25(30-27)26-22-11-5-3-7-18(22)13-14-28-26/h1-17H. The summed E-state index contributed by atoms with van der Waals surface area (Å²) in [6, 6.07) is 31.2. The lowest BCUT2D eigenvalue weighted by Crippen LogP contribution is -1.95. The summed E-state index contributed by atoms with van der Waals surface area (Å²) < 4.78 is 0. The Morgan fingerprint density at radius 3 is 1.93 bits per heavy atom.